The number of hydrogen-bond acceptors (Lipinski definition) is 1. The molecule has 0 saturated heterocycles. The molecule has 0 aromatic heterocycles. The Morgan fingerprint density at radius 2 is 0.776 bits per heavy atom. The second kappa shape index (κ2) is 15.4. The molecule has 1 saturated carbocycles. The van der Waals surface area contributed by atoms with Crippen molar-refractivity contribution in [1.29, 1.82) is 0 Å². The number of benzene rings is 10. The van der Waals surface area contributed by atoms with Crippen LogP contribution in [0, 0.1) is 0 Å². The van der Waals surface area contributed by atoms with Crippen molar-refractivity contribution in [2.45, 2.75) is 50.4 Å². The van der Waals surface area contributed by atoms with Gasteiger partial charge in [-0.15, -0.1) is 0 Å². The molecule has 0 amide bonds. The summed E-state index contributed by atoms with van der Waals surface area (Å²) in [6, 6.07) is 84.1. The monoisotopic (exact) mass is 857 g/mol. The number of fused-ring (bicyclic) bond motifs is 9. The number of anilines is 3. The Morgan fingerprint density at radius 3 is 1.43 bits per heavy atom. The fourth-order valence-electron chi connectivity index (χ4n) is 12.6. The minimum absolute atomic E-state index is 0.0728. The van der Waals surface area contributed by atoms with Gasteiger partial charge in [0.1, 0.15) is 0 Å². The molecule has 1 heteroatoms. The summed E-state index contributed by atoms with van der Waals surface area (Å²) in [4.78, 5) is 2.48. The fourth-order valence-corrected chi connectivity index (χ4v) is 12.6. The highest BCUT2D eigenvalue weighted by Gasteiger charge is 2.45. The Labute approximate surface area is 394 Å². The van der Waals surface area contributed by atoms with Crippen LogP contribution in [0.15, 0.2) is 224 Å². The largest absolute Gasteiger partial charge is 0.310 e. The highest BCUT2D eigenvalue weighted by molar-refractivity contribution is 6.06. The smallest absolute Gasteiger partial charge is 0.0465 e. The van der Waals surface area contributed by atoms with E-state index >= 15 is 0 Å². The van der Waals surface area contributed by atoms with Crippen LogP contribution in [0.25, 0.3) is 77.5 Å². The summed E-state index contributed by atoms with van der Waals surface area (Å²) in [5.41, 5.74) is 24.7. The van der Waals surface area contributed by atoms with Gasteiger partial charge in [0.05, 0.1) is 0 Å². The lowest BCUT2D eigenvalue weighted by atomic mass is 9.76. The summed E-state index contributed by atoms with van der Waals surface area (Å²) in [5, 5.41) is 2.53. The van der Waals surface area contributed by atoms with Crippen LogP contribution in [-0.2, 0) is 10.8 Å². The van der Waals surface area contributed by atoms with E-state index in [1.807, 2.05) is 0 Å². The van der Waals surface area contributed by atoms with Gasteiger partial charge in [-0.05, 0) is 149 Å². The van der Waals surface area contributed by atoms with E-state index in [2.05, 4.69) is 243 Å². The first-order valence-corrected chi connectivity index (χ1v) is 24.1. The second-order valence-corrected chi connectivity index (χ2v) is 19.5. The summed E-state index contributed by atoms with van der Waals surface area (Å²) in [5.74, 6) is 0. The van der Waals surface area contributed by atoms with E-state index in [0.717, 1.165) is 11.4 Å². The highest BCUT2D eigenvalue weighted by Crippen LogP contribution is 2.58. The van der Waals surface area contributed by atoms with Crippen molar-refractivity contribution in [2.24, 2.45) is 0 Å². The standard InChI is InChI=1S/C66H51N/c1-65(2)60-29-10-8-24-56(60)59-28-16-27-58(64(59)65)54-22-7-6-21-51(54)45-31-35-48(36-32-45)67(50-39-40-57-55-23-9-11-30-61(55)66(62(57)43-50)41-12-13-42-66)49-37-33-46(34-38-49)53-26-15-20-47-19-14-25-52(63(47)53)44-17-4-3-5-18-44/h3-11,14-40,43H,12-13,41-42H2,1-2H3. The van der Waals surface area contributed by atoms with Gasteiger partial charge < -0.3 is 4.90 Å². The van der Waals surface area contributed by atoms with E-state index in [9.17, 15) is 0 Å². The first-order valence-electron chi connectivity index (χ1n) is 24.1. The zero-order valence-corrected chi connectivity index (χ0v) is 38.1. The van der Waals surface area contributed by atoms with Crippen LogP contribution in [0.2, 0.25) is 0 Å². The van der Waals surface area contributed by atoms with Gasteiger partial charge in [0.25, 0.3) is 0 Å². The zero-order chi connectivity index (χ0) is 44.7. The predicted octanol–water partition coefficient (Wildman–Crippen LogP) is 18.1. The Bertz CT molecular complexity index is 3530. The average Bonchev–Trinajstić information content (AvgIpc) is 4.06. The predicted molar refractivity (Wildman–Crippen MR) is 283 cm³/mol. The van der Waals surface area contributed by atoms with E-state index in [1.165, 1.54) is 131 Å². The van der Waals surface area contributed by atoms with Crippen molar-refractivity contribution in [1.82, 2.24) is 0 Å². The van der Waals surface area contributed by atoms with Gasteiger partial charge in [0.2, 0.25) is 0 Å². The van der Waals surface area contributed by atoms with Crippen LogP contribution >= 0.6 is 0 Å². The van der Waals surface area contributed by atoms with Gasteiger partial charge in [-0.3, -0.25) is 0 Å². The summed E-state index contributed by atoms with van der Waals surface area (Å²) in [7, 11) is 0. The number of nitrogens with zero attached hydrogens (tertiary/aromatic N) is 1. The topological polar surface area (TPSA) is 3.24 Å². The van der Waals surface area contributed by atoms with Gasteiger partial charge in [0, 0.05) is 27.9 Å². The van der Waals surface area contributed by atoms with E-state index in [4.69, 9.17) is 0 Å². The molecule has 0 atom stereocenters. The molecule has 1 spiro atoms. The molecule has 0 N–H and O–H groups in total. The third-order valence-electron chi connectivity index (χ3n) is 15.6. The minimum atomic E-state index is -0.109. The SMILES string of the molecule is CC1(C)c2ccccc2-c2cccc(-c3ccccc3-c3ccc(N(c4ccc(-c5cccc6cccc(-c7ccccc7)c56)cc4)c4ccc5c(c4)C4(CCCC4)c4ccccc4-5)cc3)c21. The molecule has 1 nitrogen and oxygen atoms in total. The lowest BCUT2D eigenvalue weighted by molar-refractivity contribution is 0.550. The van der Waals surface area contributed by atoms with Gasteiger partial charge in [-0.1, -0.05) is 215 Å². The molecule has 0 aliphatic heterocycles. The van der Waals surface area contributed by atoms with E-state index < -0.39 is 0 Å². The van der Waals surface area contributed by atoms with Gasteiger partial charge in [0.15, 0.2) is 0 Å². The fraction of sp³-hybridized carbons (Fsp3) is 0.121. The molecule has 320 valence electrons. The normalized spacial score (nSPS) is 14.7. The first kappa shape index (κ1) is 39.6. The first-order chi connectivity index (χ1) is 33.0. The maximum absolute atomic E-state index is 2.53. The summed E-state index contributed by atoms with van der Waals surface area (Å²) < 4.78 is 0. The molecular weight excluding hydrogens is 807 g/mol. The third-order valence-corrected chi connectivity index (χ3v) is 15.6. The molecule has 3 aliphatic carbocycles. The van der Waals surface area contributed by atoms with Gasteiger partial charge >= 0.3 is 0 Å². The van der Waals surface area contributed by atoms with E-state index in [-0.39, 0.29) is 10.8 Å². The van der Waals surface area contributed by atoms with Crippen LogP contribution in [0.5, 0.6) is 0 Å². The molecule has 10 aromatic rings. The van der Waals surface area contributed by atoms with E-state index in [0.29, 0.717) is 0 Å². The van der Waals surface area contributed by atoms with Crippen LogP contribution in [0.3, 0.4) is 0 Å². The molecule has 0 unspecified atom stereocenters. The quantitative estimate of drug-likeness (QED) is 0.154. The van der Waals surface area contributed by atoms with Crippen molar-refractivity contribution >= 4 is 27.8 Å². The molecule has 0 heterocycles. The Kier molecular flexibility index (Phi) is 9.12. The average molecular weight is 858 g/mol. The van der Waals surface area contributed by atoms with E-state index in [1.54, 1.807) is 0 Å². The zero-order valence-electron chi connectivity index (χ0n) is 38.1. The number of rotatable bonds is 7. The highest BCUT2D eigenvalue weighted by atomic mass is 15.1. The third kappa shape index (κ3) is 6.14. The van der Waals surface area contributed by atoms with Crippen LogP contribution in [0.1, 0.15) is 61.8 Å². The summed E-state index contributed by atoms with van der Waals surface area (Å²) >= 11 is 0. The Hall–Kier alpha value is -7.74. The molecule has 3 aliphatic rings. The molecular formula is C66H51N. The van der Waals surface area contributed by atoms with Crippen LogP contribution < -0.4 is 4.90 Å². The van der Waals surface area contributed by atoms with Crippen molar-refractivity contribution in [3.8, 4) is 66.8 Å². The minimum Gasteiger partial charge on any atom is -0.310 e. The number of hydrogen-bond donors (Lipinski definition) is 0. The lowest BCUT2D eigenvalue weighted by Crippen LogP contribution is -2.21. The Morgan fingerprint density at radius 1 is 0.328 bits per heavy atom. The second-order valence-electron chi connectivity index (χ2n) is 19.5. The summed E-state index contributed by atoms with van der Waals surface area (Å²) in [6.07, 6.45) is 4.94. The maximum Gasteiger partial charge on any atom is 0.0465 e. The van der Waals surface area contributed by atoms with Crippen molar-refractivity contribution in [3.05, 3.63) is 247 Å². The Balaban J connectivity index is 0.933. The van der Waals surface area contributed by atoms with Crippen molar-refractivity contribution in [2.75, 3.05) is 4.90 Å². The molecule has 0 bridgehead atoms. The summed E-state index contributed by atoms with van der Waals surface area (Å²) in [6.45, 7) is 4.77. The van der Waals surface area contributed by atoms with Crippen molar-refractivity contribution in [3.63, 3.8) is 0 Å². The molecule has 10 aromatic carbocycles. The maximum atomic E-state index is 2.53. The molecule has 0 radical (unpaired) electrons. The van der Waals surface area contributed by atoms with Crippen LogP contribution in [-0.4, -0.2) is 0 Å². The molecule has 67 heavy (non-hydrogen) atoms. The van der Waals surface area contributed by atoms with Gasteiger partial charge in [-0.25, -0.2) is 0 Å². The van der Waals surface area contributed by atoms with Crippen LogP contribution in [0.4, 0.5) is 17.1 Å². The lowest BCUT2D eigenvalue weighted by Gasteiger charge is -2.30. The van der Waals surface area contributed by atoms with Gasteiger partial charge in [-0.2, -0.15) is 0 Å². The molecule has 1 fully saturated rings. The van der Waals surface area contributed by atoms with Crippen molar-refractivity contribution < 1.29 is 0 Å². The molecule has 13 rings (SSSR count).